The van der Waals surface area contributed by atoms with Gasteiger partial charge in [-0.1, -0.05) is 13.8 Å². The predicted molar refractivity (Wildman–Crippen MR) is 71.1 cm³/mol. The number of nitrogens with one attached hydrogen (secondary N) is 2. The van der Waals surface area contributed by atoms with Crippen LogP contribution >= 0.6 is 0 Å². The summed E-state index contributed by atoms with van der Waals surface area (Å²) in [5.41, 5.74) is 1.11. The van der Waals surface area contributed by atoms with Crippen LogP contribution in [0.1, 0.15) is 19.4 Å². The van der Waals surface area contributed by atoms with Gasteiger partial charge in [-0.3, -0.25) is 0 Å². The fourth-order valence-electron chi connectivity index (χ4n) is 1.58. The van der Waals surface area contributed by atoms with Gasteiger partial charge < -0.3 is 15.5 Å². The van der Waals surface area contributed by atoms with Crippen molar-refractivity contribution < 1.29 is 0 Å². The number of anilines is 1. The van der Waals surface area contributed by atoms with Gasteiger partial charge in [0.25, 0.3) is 0 Å². The Balaban J connectivity index is 2.21. The summed E-state index contributed by atoms with van der Waals surface area (Å²) in [6.07, 6.45) is 3.70. The quantitative estimate of drug-likeness (QED) is 0.659. The molecule has 0 bridgehead atoms. The van der Waals surface area contributed by atoms with Crippen molar-refractivity contribution in [3.05, 3.63) is 18.0 Å². The molecular weight excluding hydrogens is 214 g/mol. The lowest BCUT2D eigenvalue weighted by molar-refractivity contribution is 0.302. The second-order valence-electron chi connectivity index (χ2n) is 3.87. The summed E-state index contributed by atoms with van der Waals surface area (Å²) in [4.78, 5) is 10.7. The number of aromatic nitrogens is 2. The zero-order valence-electron chi connectivity index (χ0n) is 11.0. The molecule has 0 amide bonds. The summed E-state index contributed by atoms with van der Waals surface area (Å²) >= 11 is 0. The van der Waals surface area contributed by atoms with E-state index in [0.717, 1.165) is 38.3 Å². The van der Waals surface area contributed by atoms with Crippen LogP contribution in [0, 0.1) is 0 Å². The average Bonchev–Trinajstić information content (AvgIpc) is 2.40. The van der Waals surface area contributed by atoms with E-state index in [1.54, 1.807) is 0 Å². The van der Waals surface area contributed by atoms with Crippen LogP contribution in [0.15, 0.2) is 12.4 Å². The highest BCUT2D eigenvalue weighted by Crippen LogP contribution is 1.98. The second kappa shape index (κ2) is 7.97. The Hall–Kier alpha value is -1.20. The van der Waals surface area contributed by atoms with E-state index in [2.05, 4.69) is 39.3 Å². The second-order valence-corrected chi connectivity index (χ2v) is 3.87. The lowest BCUT2D eigenvalue weighted by Gasteiger charge is -2.17. The first-order valence-electron chi connectivity index (χ1n) is 6.21. The molecule has 0 aliphatic carbocycles. The number of hydrogen-bond donors (Lipinski definition) is 2. The first-order chi connectivity index (χ1) is 8.30. The topological polar surface area (TPSA) is 53.1 Å². The van der Waals surface area contributed by atoms with Gasteiger partial charge in [0.1, 0.15) is 0 Å². The summed E-state index contributed by atoms with van der Waals surface area (Å²) in [6.45, 7) is 9.50. The molecule has 0 spiro atoms. The number of hydrogen-bond acceptors (Lipinski definition) is 5. The molecule has 0 unspecified atom stereocenters. The molecular formula is C12H23N5. The molecule has 0 aromatic carbocycles. The third-order valence-electron chi connectivity index (χ3n) is 2.76. The van der Waals surface area contributed by atoms with Crippen molar-refractivity contribution >= 4 is 5.95 Å². The number of rotatable bonds is 8. The zero-order chi connectivity index (χ0) is 12.5. The normalized spacial score (nSPS) is 10.8. The molecule has 5 nitrogen and oxygen atoms in total. The fraction of sp³-hybridized carbons (Fsp3) is 0.667. The maximum atomic E-state index is 4.17. The Bertz CT molecular complexity index is 294. The van der Waals surface area contributed by atoms with Crippen LogP contribution in [0.25, 0.3) is 0 Å². The lowest BCUT2D eigenvalue weighted by Crippen LogP contribution is -2.31. The van der Waals surface area contributed by atoms with E-state index in [-0.39, 0.29) is 0 Å². The van der Waals surface area contributed by atoms with E-state index in [0.29, 0.717) is 5.95 Å². The van der Waals surface area contributed by atoms with Crippen LogP contribution in [0.4, 0.5) is 5.95 Å². The van der Waals surface area contributed by atoms with Crippen molar-refractivity contribution in [2.24, 2.45) is 0 Å². The minimum absolute atomic E-state index is 0.664. The molecule has 0 radical (unpaired) electrons. The lowest BCUT2D eigenvalue weighted by atomic mass is 10.3. The van der Waals surface area contributed by atoms with Gasteiger partial charge in [-0.05, 0) is 13.1 Å². The van der Waals surface area contributed by atoms with Crippen LogP contribution in [0.2, 0.25) is 0 Å². The number of nitrogens with zero attached hydrogens (tertiary/aromatic N) is 3. The molecule has 0 aliphatic heterocycles. The maximum absolute atomic E-state index is 4.17. The van der Waals surface area contributed by atoms with Gasteiger partial charge >= 0.3 is 0 Å². The van der Waals surface area contributed by atoms with Crippen molar-refractivity contribution in [2.75, 3.05) is 38.5 Å². The summed E-state index contributed by atoms with van der Waals surface area (Å²) in [6, 6.07) is 0. The molecule has 0 atom stereocenters. The van der Waals surface area contributed by atoms with Gasteiger partial charge in [-0.25, -0.2) is 9.97 Å². The minimum atomic E-state index is 0.664. The molecule has 0 fully saturated rings. The fourth-order valence-corrected chi connectivity index (χ4v) is 1.58. The highest BCUT2D eigenvalue weighted by molar-refractivity contribution is 5.22. The van der Waals surface area contributed by atoms with Gasteiger partial charge in [0, 0.05) is 44.6 Å². The molecule has 1 aromatic heterocycles. The van der Waals surface area contributed by atoms with Gasteiger partial charge in [0.2, 0.25) is 5.95 Å². The molecule has 17 heavy (non-hydrogen) atoms. The molecule has 5 heteroatoms. The Labute approximate surface area is 104 Å². The maximum Gasteiger partial charge on any atom is 0.222 e. The zero-order valence-corrected chi connectivity index (χ0v) is 11.0. The molecule has 1 rings (SSSR count). The Morgan fingerprint density at radius 2 is 1.82 bits per heavy atom. The molecule has 1 aromatic rings. The van der Waals surface area contributed by atoms with Gasteiger partial charge in [-0.15, -0.1) is 0 Å². The predicted octanol–water partition coefficient (Wildman–Crippen LogP) is 0.950. The van der Waals surface area contributed by atoms with E-state index < -0.39 is 0 Å². The van der Waals surface area contributed by atoms with Crippen LogP contribution in [0.5, 0.6) is 0 Å². The minimum Gasteiger partial charge on any atom is -0.357 e. The van der Waals surface area contributed by atoms with Gasteiger partial charge in [0.05, 0.1) is 0 Å². The van der Waals surface area contributed by atoms with E-state index >= 15 is 0 Å². The van der Waals surface area contributed by atoms with Gasteiger partial charge in [-0.2, -0.15) is 0 Å². The van der Waals surface area contributed by atoms with E-state index in [4.69, 9.17) is 0 Å². The van der Waals surface area contributed by atoms with Crippen molar-refractivity contribution in [3.8, 4) is 0 Å². The molecule has 0 aliphatic rings. The smallest absolute Gasteiger partial charge is 0.222 e. The van der Waals surface area contributed by atoms with E-state index in [1.165, 1.54) is 0 Å². The van der Waals surface area contributed by atoms with Crippen LogP contribution in [0.3, 0.4) is 0 Å². The molecule has 1 heterocycles. The summed E-state index contributed by atoms with van der Waals surface area (Å²) in [5.74, 6) is 0.664. The Morgan fingerprint density at radius 3 is 2.35 bits per heavy atom. The SMILES string of the molecule is CCN(CC)CCNCc1cnc(NC)nc1. The standard InChI is InChI=1S/C12H23N5/c1-4-17(5-2)7-6-14-8-11-9-15-12(13-3)16-10-11/h9-10,14H,4-8H2,1-3H3,(H,13,15,16). The Kier molecular flexibility index (Phi) is 6.50. The third-order valence-corrected chi connectivity index (χ3v) is 2.76. The molecule has 0 saturated heterocycles. The summed E-state index contributed by atoms with van der Waals surface area (Å²) in [5, 5.41) is 6.30. The molecule has 0 saturated carbocycles. The van der Waals surface area contributed by atoms with E-state index in [1.807, 2.05) is 19.4 Å². The average molecular weight is 237 g/mol. The monoisotopic (exact) mass is 237 g/mol. The highest BCUT2D eigenvalue weighted by atomic mass is 15.1. The summed E-state index contributed by atoms with van der Waals surface area (Å²) in [7, 11) is 1.82. The van der Waals surface area contributed by atoms with E-state index in [9.17, 15) is 0 Å². The first-order valence-corrected chi connectivity index (χ1v) is 6.21. The van der Waals surface area contributed by atoms with Crippen molar-refractivity contribution in [3.63, 3.8) is 0 Å². The summed E-state index contributed by atoms with van der Waals surface area (Å²) < 4.78 is 0. The third kappa shape index (κ3) is 5.10. The van der Waals surface area contributed by atoms with Crippen LogP contribution in [-0.2, 0) is 6.54 Å². The molecule has 96 valence electrons. The first kappa shape index (κ1) is 13.9. The Morgan fingerprint density at radius 1 is 1.18 bits per heavy atom. The van der Waals surface area contributed by atoms with Crippen molar-refractivity contribution in [2.45, 2.75) is 20.4 Å². The van der Waals surface area contributed by atoms with Crippen LogP contribution < -0.4 is 10.6 Å². The van der Waals surface area contributed by atoms with Crippen molar-refractivity contribution in [1.82, 2.24) is 20.2 Å². The van der Waals surface area contributed by atoms with Gasteiger partial charge in [0.15, 0.2) is 0 Å². The van der Waals surface area contributed by atoms with Crippen LogP contribution in [-0.4, -0.2) is 48.1 Å². The van der Waals surface area contributed by atoms with Crippen molar-refractivity contribution in [1.29, 1.82) is 0 Å². The molecule has 2 N–H and O–H groups in total. The highest BCUT2D eigenvalue weighted by Gasteiger charge is 1.99. The number of likely N-dealkylation sites (N-methyl/N-ethyl adjacent to an activating group) is 1. The largest absolute Gasteiger partial charge is 0.357 e.